The maximum absolute atomic E-state index is 1.68. The summed E-state index contributed by atoms with van der Waals surface area (Å²) in [6, 6.07) is 0. The van der Waals surface area contributed by atoms with Crippen LogP contribution in [0, 0.1) is 40.9 Å². The smallest absolute Gasteiger partial charge is 0.0258 e. The van der Waals surface area contributed by atoms with Gasteiger partial charge in [0, 0.05) is 0 Å². The second-order valence-corrected chi connectivity index (χ2v) is 6.81. The van der Waals surface area contributed by atoms with Gasteiger partial charge in [-0.15, -0.1) is 0 Å². The first-order valence-electron chi connectivity index (χ1n) is 6.37. The summed E-state index contributed by atoms with van der Waals surface area (Å²) in [6.45, 7) is 0. The van der Waals surface area contributed by atoms with E-state index in [1.165, 1.54) is 35.5 Å². The van der Waals surface area contributed by atoms with Crippen molar-refractivity contribution in [1.82, 2.24) is 0 Å². The summed E-state index contributed by atoms with van der Waals surface area (Å²) in [5.41, 5.74) is 0.940. The highest BCUT2D eigenvalue weighted by molar-refractivity contribution is 5.20. The van der Waals surface area contributed by atoms with Gasteiger partial charge >= 0.3 is 0 Å². The van der Waals surface area contributed by atoms with Gasteiger partial charge in [-0.2, -0.15) is 0 Å². The highest BCUT2D eigenvalue weighted by Gasteiger charge is 2.71. The van der Waals surface area contributed by atoms with Crippen LogP contribution in [0.3, 0.4) is 0 Å². The van der Waals surface area contributed by atoms with Crippen LogP contribution in [-0.4, -0.2) is 0 Å². The lowest BCUT2D eigenvalue weighted by atomic mass is 9.54. The number of fused-ring (bicyclic) bond motifs is 7. The molecule has 0 aromatic rings. The third-order valence-corrected chi connectivity index (χ3v) is 6.69. The topological polar surface area (TPSA) is 0 Å². The molecule has 7 unspecified atom stereocenters. The fourth-order valence-electron chi connectivity index (χ4n) is 6.23. The average molecular weight is 174 g/mol. The highest BCUT2D eigenvalue weighted by Crippen LogP contribution is 2.79. The molecule has 0 radical (unpaired) electrons. The van der Waals surface area contributed by atoms with Crippen molar-refractivity contribution in [3.63, 3.8) is 0 Å². The minimum atomic E-state index is 0.940. The van der Waals surface area contributed by atoms with Crippen molar-refractivity contribution >= 4 is 0 Å². The van der Waals surface area contributed by atoms with E-state index in [2.05, 4.69) is 0 Å². The molecule has 70 valence electrons. The Labute approximate surface area is 80.1 Å². The molecule has 1 spiro atoms. The number of rotatable bonds is 0. The Morgan fingerprint density at radius 2 is 1.62 bits per heavy atom. The molecule has 3 bridgehead atoms. The van der Waals surface area contributed by atoms with Crippen LogP contribution in [0.25, 0.3) is 0 Å². The Kier molecular flexibility index (Phi) is 0.804. The van der Waals surface area contributed by atoms with Gasteiger partial charge in [-0.25, -0.2) is 0 Å². The quantitative estimate of drug-likeness (QED) is 0.529. The summed E-state index contributed by atoms with van der Waals surface area (Å²) in [5, 5.41) is 0. The standard InChI is InChI=1S/C13H18/c1-2-12-8(1)10-5-13(12)4-7-3-9(7)11(10)6-13/h7-12H,1-6H2. The lowest BCUT2D eigenvalue weighted by Gasteiger charge is -2.51. The van der Waals surface area contributed by atoms with Crippen molar-refractivity contribution in [1.29, 1.82) is 0 Å². The van der Waals surface area contributed by atoms with Gasteiger partial charge in [0.05, 0.1) is 0 Å². The van der Waals surface area contributed by atoms with Crippen LogP contribution < -0.4 is 0 Å². The molecule has 7 atom stereocenters. The number of hydrogen-bond acceptors (Lipinski definition) is 0. The zero-order valence-corrected chi connectivity index (χ0v) is 8.21. The lowest BCUT2D eigenvalue weighted by molar-refractivity contribution is -0.0223. The number of hydrogen-bond donors (Lipinski definition) is 0. The Morgan fingerprint density at radius 3 is 2.38 bits per heavy atom. The van der Waals surface area contributed by atoms with E-state index in [4.69, 9.17) is 0 Å². The van der Waals surface area contributed by atoms with Crippen LogP contribution in [-0.2, 0) is 0 Å². The molecule has 0 saturated heterocycles. The van der Waals surface area contributed by atoms with Crippen molar-refractivity contribution in [2.45, 2.75) is 38.5 Å². The Morgan fingerprint density at radius 1 is 0.769 bits per heavy atom. The van der Waals surface area contributed by atoms with Crippen LogP contribution in [0.4, 0.5) is 0 Å². The molecular formula is C13H18. The van der Waals surface area contributed by atoms with E-state index in [0.29, 0.717) is 0 Å². The summed E-state index contributed by atoms with van der Waals surface area (Å²) in [6.07, 6.45) is 9.91. The van der Waals surface area contributed by atoms with Gasteiger partial charge in [-0.3, -0.25) is 0 Å². The van der Waals surface area contributed by atoms with E-state index in [1.54, 1.807) is 38.5 Å². The molecule has 0 aliphatic heterocycles. The Hall–Kier alpha value is 0. The fourth-order valence-corrected chi connectivity index (χ4v) is 6.23. The van der Waals surface area contributed by atoms with Crippen LogP contribution in [0.5, 0.6) is 0 Å². The highest BCUT2D eigenvalue weighted by atomic mass is 14.8. The van der Waals surface area contributed by atoms with Gasteiger partial charge in [0.1, 0.15) is 0 Å². The molecule has 0 heterocycles. The summed E-state index contributed by atoms with van der Waals surface area (Å²) in [5.74, 6) is 7.40. The summed E-state index contributed by atoms with van der Waals surface area (Å²) in [7, 11) is 0. The normalized spacial score (nSPS) is 75.7. The predicted molar refractivity (Wildman–Crippen MR) is 51.1 cm³/mol. The SMILES string of the molecule is C1C2CC34CC(C12)C(C3)C1CCC14. The molecule has 5 fully saturated rings. The molecule has 0 N–H and O–H groups in total. The molecule has 13 heavy (non-hydrogen) atoms. The zero-order chi connectivity index (χ0) is 8.21. The van der Waals surface area contributed by atoms with Gasteiger partial charge in [-0.1, -0.05) is 0 Å². The maximum Gasteiger partial charge on any atom is -0.0258 e. The van der Waals surface area contributed by atoms with E-state index < -0.39 is 0 Å². The Balaban J connectivity index is 1.69. The second-order valence-electron chi connectivity index (χ2n) is 6.81. The summed E-state index contributed by atoms with van der Waals surface area (Å²) >= 11 is 0. The monoisotopic (exact) mass is 174 g/mol. The van der Waals surface area contributed by atoms with Crippen molar-refractivity contribution in [2.24, 2.45) is 40.9 Å². The molecule has 0 aromatic carbocycles. The molecule has 0 heteroatoms. The van der Waals surface area contributed by atoms with Crippen LogP contribution in [0.2, 0.25) is 0 Å². The average Bonchev–Trinajstić information content (AvgIpc) is 2.65. The molecule has 0 nitrogen and oxygen atoms in total. The first-order chi connectivity index (χ1) is 6.37. The third kappa shape index (κ3) is 0.521. The van der Waals surface area contributed by atoms with Gasteiger partial charge in [0.2, 0.25) is 0 Å². The molecule has 5 saturated carbocycles. The van der Waals surface area contributed by atoms with Gasteiger partial charge in [0.25, 0.3) is 0 Å². The van der Waals surface area contributed by atoms with Crippen LogP contribution in [0.15, 0.2) is 0 Å². The molecule has 5 aliphatic rings. The van der Waals surface area contributed by atoms with E-state index in [0.717, 1.165) is 5.41 Å². The fraction of sp³-hybridized carbons (Fsp3) is 1.00. The largest absolute Gasteiger partial charge is 0.0496 e. The zero-order valence-electron chi connectivity index (χ0n) is 8.21. The molecule has 0 aromatic heterocycles. The second kappa shape index (κ2) is 1.61. The van der Waals surface area contributed by atoms with E-state index in [9.17, 15) is 0 Å². The minimum Gasteiger partial charge on any atom is -0.0496 e. The van der Waals surface area contributed by atoms with Crippen molar-refractivity contribution < 1.29 is 0 Å². The van der Waals surface area contributed by atoms with E-state index in [1.807, 2.05) is 0 Å². The van der Waals surface area contributed by atoms with Crippen LogP contribution in [0.1, 0.15) is 38.5 Å². The van der Waals surface area contributed by atoms with Crippen molar-refractivity contribution in [3.05, 3.63) is 0 Å². The molecule has 0 amide bonds. The summed E-state index contributed by atoms with van der Waals surface area (Å²) < 4.78 is 0. The van der Waals surface area contributed by atoms with E-state index in [-0.39, 0.29) is 0 Å². The minimum absolute atomic E-state index is 0.940. The van der Waals surface area contributed by atoms with Crippen molar-refractivity contribution in [3.8, 4) is 0 Å². The molecular weight excluding hydrogens is 156 g/mol. The summed E-state index contributed by atoms with van der Waals surface area (Å²) in [4.78, 5) is 0. The molecule has 5 aliphatic carbocycles. The lowest BCUT2D eigenvalue weighted by Crippen LogP contribution is -2.44. The van der Waals surface area contributed by atoms with Gasteiger partial charge in [0.15, 0.2) is 0 Å². The van der Waals surface area contributed by atoms with Gasteiger partial charge in [-0.05, 0) is 79.4 Å². The predicted octanol–water partition coefficient (Wildman–Crippen LogP) is 3.08. The Bertz CT molecular complexity index is 285. The first-order valence-corrected chi connectivity index (χ1v) is 6.37. The van der Waals surface area contributed by atoms with Gasteiger partial charge < -0.3 is 0 Å². The first kappa shape index (κ1) is 6.48. The van der Waals surface area contributed by atoms with E-state index >= 15 is 0 Å². The third-order valence-electron chi connectivity index (χ3n) is 6.69. The maximum atomic E-state index is 1.68. The van der Waals surface area contributed by atoms with Crippen LogP contribution >= 0.6 is 0 Å². The molecule has 5 rings (SSSR count). The van der Waals surface area contributed by atoms with Crippen molar-refractivity contribution in [2.75, 3.05) is 0 Å².